The monoisotopic (exact) mass is 323 g/mol. The molecule has 0 aromatic heterocycles. The number of hydrogen-bond acceptors (Lipinski definition) is 4. The molecule has 0 amide bonds. The molecule has 0 aliphatic carbocycles. The Morgan fingerprint density at radius 3 is 2.46 bits per heavy atom. The maximum Gasteiger partial charge on any atom is 0.119 e. The summed E-state index contributed by atoms with van der Waals surface area (Å²) in [5, 5.41) is 6.97. The molecule has 0 radical (unpaired) electrons. The van der Waals surface area contributed by atoms with Gasteiger partial charge in [-0.15, -0.1) is 0 Å². The molecule has 4 heteroatoms. The van der Waals surface area contributed by atoms with Crippen molar-refractivity contribution in [3.8, 4) is 5.75 Å². The number of hydrogen-bond donors (Lipinski definition) is 0. The van der Waals surface area contributed by atoms with Crippen molar-refractivity contribution in [3.05, 3.63) is 65.7 Å². The zero-order valence-corrected chi connectivity index (χ0v) is 14.5. The second-order valence-corrected chi connectivity index (χ2v) is 6.13. The van der Waals surface area contributed by atoms with Crippen molar-refractivity contribution in [1.29, 1.82) is 0 Å². The first-order valence-corrected chi connectivity index (χ1v) is 8.45. The van der Waals surface area contributed by atoms with Gasteiger partial charge in [-0.1, -0.05) is 42.5 Å². The molecule has 2 aromatic carbocycles. The first-order chi connectivity index (χ1) is 11.7. The van der Waals surface area contributed by atoms with Crippen molar-refractivity contribution in [3.63, 3.8) is 0 Å². The highest BCUT2D eigenvalue weighted by molar-refractivity contribution is 5.98. The number of ether oxygens (including phenoxy) is 1. The Bertz CT molecular complexity index is 676. The summed E-state index contributed by atoms with van der Waals surface area (Å²) in [5.41, 5.74) is 3.52. The van der Waals surface area contributed by atoms with E-state index in [4.69, 9.17) is 9.84 Å². The molecule has 24 heavy (non-hydrogen) atoms. The maximum atomic E-state index is 5.29. The molecule has 1 aliphatic heterocycles. The highest BCUT2D eigenvalue weighted by Gasteiger charge is 2.16. The summed E-state index contributed by atoms with van der Waals surface area (Å²) < 4.78 is 5.29. The number of hydrazone groups is 1. The van der Waals surface area contributed by atoms with E-state index in [1.165, 1.54) is 5.56 Å². The standard InChI is InChI=1S/C20H25N3O/c1-17(19-9-6-10-20(15-19)24-2)21-23-13-11-22(12-14-23)16-18-7-4-3-5-8-18/h3-10,15H,11-14,16H2,1-2H3. The van der Waals surface area contributed by atoms with Crippen LogP contribution in [0, 0.1) is 0 Å². The summed E-state index contributed by atoms with van der Waals surface area (Å²) in [4.78, 5) is 2.49. The van der Waals surface area contributed by atoms with E-state index < -0.39 is 0 Å². The van der Waals surface area contributed by atoms with Crippen molar-refractivity contribution >= 4 is 5.71 Å². The molecular formula is C20H25N3O. The predicted molar refractivity (Wildman–Crippen MR) is 98.5 cm³/mol. The van der Waals surface area contributed by atoms with Crippen LogP contribution in [0.2, 0.25) is 0 Å². The van der Waals surface area contributed by atoms with Crippen LogP contribution < -0.4 is 4.74 Å². The smallest absolute Gasteiger partial charge is 0.119 e. The van der Waals surface area contributed by atoms with Crippen LogP contribution in [0.1, 0.15) is 18.1 Å². The van der Waals surface area contributed by atoms with Gasteiger partial charge in [0.15, 0.2) is 0 Å². The lowest BCUT2D eigenvalue weighted by Gasteiger charge is -2.33. The van der Waals surface area contributed by atoms with E-state index in [0.717, 1.165) is 49.7 Å². The summed E-state index contributed by atoms with van der Waals surface area (Å²) in [6, 6.07) is 18.7. The van der Waals surface area contributed by atoms with Crippen molar-refractivity contribution in [2.75, 3.05) is 33.3 Å². The second kappa shape index (κ2) is 7.97. The summed E-state index contributed by atoms with van der Waals surface area (Å²) in [7, 11) is 1.69. The lowest BCUT2D eigenvalue weighted by Crippen LogP contribution is -2.43. The van der Waals surface area contributed by atoms with Crippen molar-refractivity contribution < 1.29 is 4.74 Å². The van der Waals surface area contributed by atoms with Gasteiger partial charge in [0.1, 0.15) is 5.75 Å². The van der Waals surface area contributed by atoms with Crippen LogP contribution in [-0.2, 0) is 6.54 Å². The quantitative estimate of drug-likeness (QED) is 0.791. The number of rotatable bonds is 5. The van der Waals surface area contributed by atoms with Gasteiger partial charge in [-0.05, 0) is 24.6 Å². The molecule has 1 aliphatic rings. The zero-order valence-electron chi connectivity index (χ0n) is 14.5. The van der Waals surface area contributed by atoms with Gasteiger partial charge in [-0.25, -0.2) is 0 Å². The number of nitrogens with zero attached hydrogens (tertiary/aromatic N) is 3. The molecule has 0 saturated carbocycles. The van der Waals surface area contributed by atoms with Gasteiger partial charge in [0.2, 0.25) is 0 Å². The molecule has 1 fully saturated rings. The van der Waals surface area contributed by atoms with Gasteiger partial charge in [0.25, 0.3) is 0 Å². The highest BCUT2D eigenvalue weighted by atomic mass is 16.5. The third kappa shape index (κ3) is 4.36. The van der Waals surface area contributed by atoms with Crippen LogP contribution in [0.25, 0.3) is 0 Å². The van der Waals surface area contributed by atoms with Crippen LogP contribution in [0.3, 0.4) is 0 Å². The third-order valence-corrected chi connectivity index (χ3v) is 4.38. The van der Waals surface area contributed by atoms with Crippen molar-refractivity contribution in [2.45, 2.75) is 13.5 Å². The fourth-order valence-electron chi connectivity index (χ4n) is 2.96. The van der Waals surface area contributed by atoms with Gasteiger partial charge < -0.3 is 4.74 Å². The SMILES string of the molecule is COc1cccc(C(C)=NN2CCN(Cc3ccccc3)CC2)c1. The van der Waals surface area contributed by atoms with Gasteiger partial charge in [0, 0.05) is 38.3 Å². The molecule has 0 atom stereocenters. The molecule has 126 valence electrons. The van der Waals surface area contributed by atoms with E-state index >= 15 is 0 Å². The summed E-state index contributed by atoms with van der Waals surface area (Å²) >= 11 is 0. The van der Waals surface area contributed by atoms with Crippen LogP contribution >= 0.6 is 0 Å². The van der Waals surface area contributed by atoms with Gasteiger partial charge >= 0.3 is 0 Å². The van der Waals surface area contributed by atoms with E-state index in [1.807, 2.05) is 18.2 Å². The lowest BCUT2D eigenvalue weighted by molar-refractivity contribution is 0.130. The number of methoxy groups -OCH3 is 1. The zero-order chi connectivity index (χ0) is 16.8. The van der Waals surface area contributed by atoms with Gasteiger partial charge in [-0.2, -0.15) is 5.10 Å². The Morgan fingerprint density at radius 1 is 1.00 bits per heavy atom. The second-order valence-electron chi connectivity index (χ2n) is 6.13. The fourth-order valence-corrected chi connectivity index (χ4v) is 2.96. The summed E-state index contributed by atoms with van der Waals surface area (Å²) in [5.74, 6) is 0.870. The minimum atomic E-state index is 0.870. The molecule has 2 aromatic rings. The van der Waals surface area contributed by atoms with Gasteiger partial charge in [-0.3, -0.25) is 9.91 Å². The Kier molecular flexibility index (Phi) is 5.49. The molecule has 3 rings (SSSR count). The molecule has 0 unspecified atom stereocenters. The Labute approximate surface area is 144 Å². The molecule has 0 spiro atoms. The minimum Gasteiger partial charge on any atom is -0.497 e. The molecule has 0 N–H and O–H groups in total. The van der Waals surface area contributed by atoms with E-state index in [0.29, 0.717) is 0 Å². The fraction of sp³-hybridized carbons (Fsp3) is 0.350. The molecular weight excluding hydrogens is 298 g/mol. The average molecular weight is 323 g/mol. The van der Waals surface area contributed by atoms with Crippen LogP contribution in [0.5, 0.6) is 5.75 Å². The normalized spacial score (nSPS) is 16.2. The predicted octanol–water partition coefficient (Wildman–Crippen LogP) is 3.24. The first-order valence-electron chi connectivity index (χ1n) is 8.45. The molecule has 1 saturated heterocycles. The largest absolute Gasteiger partial charge is 0.497 e. The van der Waals surface area contributed by atoms with Crippen molar-refractivity contribution in [1.82, 2.24) is 9.91 Å². The highest BCUT2D eigenvalue weighted by Crippen LogP contribution is 2.14. The van der Waals surface area contributed by atoms with E-state index in [1.54, 1.807) is 7.11 Å². The van der Waals surface area contributed by atoms with E-state index in [9.17, 15) is 0 Å². The van der Waals surface area contributed by atoms with Crippen LogP contribution in [0.15, 0.2) is 59.7 Å². The van der Waals surface area contributed by atoms with Gasteiger partial charge in [0.05, 0.1) is 12.8 Å². The Morgan fingerprint density at radius 2 is 1.75 bits per heavy atom. The molecule has 1 heterocycles. The summed E-state index contributed by atoms with van der Waals surface area (Å²) in [6.07, 6.45) is 0. The molecule has 4 nitrogen and oxygen atoms in total. The maximum absolute atomic E-state index is 5.29. The number of benzene rings is 2. The Hall–Kier alpha value is -2.33. The lowest BCUT2D eigenvalue weighted by atomic mass is 10.1. The van der Waals surface area contributed by atoms with E-state index in [-0.39, 0.29) is 0 Å². The molecule has 0 bridgehead atoms. The first kappa shape index (κ1) is 16.5. The average Bonchev–Trinajstić information content (AvgIpc) is 2.64. The Balaban J connectivity index is 1.56. The van der Waals surface area contributed by atoms with Crippen molar-refractivity contribution in [2.24, 2.45) is 5.10 Å². The van der Waals surface area contributed by atoms with E-state index in [2.05, 4.69) is 53.2 Å². The van der Waals surface area contributed by atoms with Crippen LogP contribution in [0.4, 0.5) is 0 Å². The topological polar surface area (TPSA) is 28.1 Å². The third-order valence-electron chi connectivity index (χ3n) is 4.38. The number of piperazine rings is 1. The summed E-state index contributed by atoms with van der Waals surface area (Å²) in [6.45, 7) is 7.11. The van der Waals surface area contributed by atoms with Crippen LogP contribution in [-0.4, -0.2) is 48.9 Å². The minimum absolute atomic E-state index is 0.870.